The largest absolute Gasteiger partial charge is 0.377 e. The second kappa shape index (κ2) is 5.45. The average molecular weight is 260 g/mol. The number of nitrogens with two attached hydrogens (primary N) is 1. The van der Waals surface area contributed by atoms with Crippen molar-refractivity contribution in [3.63, 3.8) is 0 Å². The normalized spacial score (nSPS) is 43.4. The van der Waals surface area contributed by atoms with Crippen LogP contribution in [0.5, 0.6) is 0 Å². The van der Waals surface area contributed by atoms with E-state index in [1.165, 1.54) is 6.42 Å². The highest BCUT2D eigenvalue weighted by Gasteiger charge is 2.47. The first-order valence-corrected chi connectivity index (χ1v) is 7.32. The predicted molar refractivity (Wildman–Crippen MR) is 71.5 cm³/mol. The number of rotatable bonds is 4. The number of hydrogen-bond acceptors (Lipinski definition) is 5. The summed E-state index contributed by atoms with van der Waals surface area (Å²) < 4.78 is 11.0. The fraction of sp³-hybridized carbons (Fsp3) is 1.00. The van der Waals surface area contributed by atoms with Gasteiger partial charge in [0.05, 0.1) is 12.2 Å². The van der Waals surface area contributed by atoms with Crippen molar-refractivity contribution in [3.05, 3.63) is 0 Å². The zero-order valence-electron chi connectivity index (χ0n) is 11.0. The molecule has 2 N–H and O–H groups in total. The Morgan fingerprint density at radius 2 is 1.88 bits per heavy atom. The lowest BCUT2D eigenvalue weighted by molar-refractivity contribution is -0.00461. The molecule has 2 saturated heterocycles. The molecule has 2 fully saturated rings. The molecule has 4 atom stereocenters. The van der Waals surface area contributed by atoms with Gasteiger partial charge >= 0.3 is 0 Å². The van der Waals surface area contributed by atoms with Gasteiger partial charge in [0.15, 0.2) is 0 Å². The number of thioether (sulfide) groups is 1. The first-order valence-electron chi connectivity index (χ1n) is 6.27. The number of likely N-dealkylation sites (tertiary alicyclic amines) is 1. The molecule has 2 heterocycles. The zero-order chi connectivity index (χ0) is 12.5. The Balaban J connectivity index is 2.07. The molecule has 0 amide bonds. The summed E-state index contributed by atoms with van der Waals surface area (Å²) in [6, 6.07) is 0. The summed E-state index contributed by atoms with van der Waals surface area (Å²) in [7, 11) is 3.53. The summed E-state index contributed by atoms with van der Waals surface area (Å²) in [4.78, 5) is 2.49. The highest BCUT2D eigenvalue weighted by molar-refractivity contribution is 8.00. The first-order chi connectivity index (χ1) is 8.15. The van der Waals surface area contributed by atoms with Crippen molar-refractivity contribution in [2.24, 2.45) is 5.73 Å². The summed E-state index contributed by atoms with van der Waals surface area (Å²) in [6.07, 6.45) is 1.55. The zero-order valence-corrected chi connectivity index (χ0v) is 11.8. The first kappa shape index (κ1) is 13.6. The summed E-state index contributed by atoms with van der Waals surface area (Å²) in [5.74, 6) is 1.14. The molecule has 4 nitrogen and oxygen atoms in total. The van der Waals surface area contributed by atoms with Crippen molar-refractivity contribution in [1.29, 1.82) is 0 Å². The van der Waals surface area contributed by atoms with Gasteiger partial charge in [-0.3, -0.25) is 4.90 Å². The molecule has 0 aliphatic carbocycles. The van der Waals surface area contributed by atoms with Gasteiger partial charge in [-0.2, -0.15) is 11.8 Å². The van der Waals surface area contributed by atoms with Crippen LogP contribution in [0.25, 0.3) is 0 Å². The summed E-state index contributed by atoms with van der Waals surface area (Å²) >= 11 is 2.03. The van der Waals surface area contributed by atoms with Gasteiger partial charge in [0.2, 0.25) is 0 Å². The maximum atomic E-state index is 6.05. The summed E-state index contributed by atoms with van der Waals surface area (Å²) in [5.41, 5.74) is 6.21. The molecule has 5 heteroatoms. The van der Waals surface area contributed by atoms with Gasteiger partial charge in [0.1, 0.15) is 0 Å². The number of nitrogens with zero attached hydrogens (tertiary/aromatic N) is 1. The third-order valence-electron chi connectivity index (χ3n) is 4.18. The van der Waals surface area contributed by atoms with Crippen LogP contribution in [0.2, 0.25) is 0 Å². The Morgan fingerprint density at radius 1 is 1.29 bits per heavy atom. The minimum absolute atomic E-state index is 0.161. The van der Waals surface area contributed by atoms with E-state index in [-0.39, 0.29) is 17.7 Å². The number of hydrogen-bond donors (Lipinski definition) is 1. The van der Waals surface area contributed by atoms with Crippen LogP contribution in [0, 0.1) is 0 Å². The molecule has 2 aliphatic heterocycles. The second-order valence-electron chi connectivity index (χ2n) is 5.21. The maximum absolute atomic E-state index is 6.05. The smallest absolute Gasteiger partial charge is 0.0972 e. The molecule has 0 spiro atoms. The van der Waals surface area contributed by atoms with Crippen molar-refractivity contribution in [2.45, 2.75) is 36.3 Å². The Morgan fingerprint density at radius 3 is 2.24 bits per heavy atom. The summed E-state index contributed by atoms with van der Waals surface area (Å²) in [6.45, 7) is 4.91. The van der Waals surface area contributed by atoms with E-state index in [1.807, 2.05) is 11.8 Å². The van der Waals surface area contributed by atoms with Gasteiger partial charge in [-0.1, -0.05) is 6.92 Å². The topological polar surface area (TPSA) is 47.7 Å². The molecule has 0 saturated carbocycles. The van der Waals surface area contributed by atoms with E-state index < -0.39 is 0 Å². The molecular formula is C12H24N2O2S. The molecule has 4 unspecified atom stereocenters. The Labute approximate surface area is 108 Å². The van der Waals surface area contributed by atoms with Gasteiger partial charge in [-0.25, -0.2) is 0 Å². The maximum Gasteiger partial charge on any atom is 0.0972 e. The van der Waals surface area contributed by atoms with Gasteiger partial charge in [-0.05, 0) is 6.42 Å². The van der Waals surface area contributed by atoms with Crippen molar-refractivity contribution >= 4 is 11.8 Å². The third-order valence-corrected chi connectivity index (χ3v) is 5.62. The van der Waals surface area contributed by atoms with Crippen LogP contribution in [0.4, 0.5) is 0 Å². The van der Waals surface area contributed by atoms with Crippen LogP contribution in [-0.2, 0) is 9.47 Å². The SMILES string of the molecule is COC1CN(C2(CN)CSC(C)C2)CC1OC. The Bertz CT molecular complexity index is 255. The Kier molecular flexibility index (Phi) is 4.36. The van der Waals surface area contributed by atoms with Crippen LogP contribution < -0.4 is 5.73 Å². The lowest BCUT2D eigenvalue weighted by atomic mass is 9.94. The average Bonchev–Trinajstić information content (AvgIpc) is 2.92. The van der Waals surface area contributed by atoms with E-state index in [4.69, 9.17) is 15.2 Å². The van der Waals surface area contributed by atoms with E-state index in [2.05, 4.69) is 11.8 Å². The van der Waals surface area contributed by atoms with Gasteiger partial charge in [-0.15, -0.1) is 0 Å². The minimum atomic E-state index is 0.161. The molecule has 0 aromatic carbocycles. The standard InChI is InChI=1S/C12H24N2O2S/c1-9-4-12(7-13,8-17-9)14-5-10(15-2)11(6-14)16-3/h9-11H,4-8,13H2,1-3H3. The number of ether oxygens (including phenoxy) is 2. The van der Waals surface area contributed by atoms with E-state index in [0.29, 0.717) is 5.25 Å². The van der Waals surface area contributed by atoms with Gasteiger partial charge < -0.3 is 15.2 Å². The lowest BCUT2D eigenvalue weighted by Gasteiger charge is -2.37. The molecule has 2 aliphatic rings. The fourth-order valence-corrected chi connectivity index (χ4v) is 4.47. The van der Waals surface area contributed by atoms with Crippen molar-refractivity contribution in [3.8, 4) is 0 Å². The van der Waals surface area contributed by atoms with E-state index >= 15 is 0 Å². The van der Waals surface area contributed by atoms with E-state index in [0.717, 1.165) is 25.4 Å². The molecule has 0 radical (unpaired) electrons. The van der Waals surface area contributed by atoms with Crippen molar-refractivity contribution < 1.29 is 9.47 Å². The van der Waals surface area contributed by atoms with Crippen LogP contribution >= 0.6 is 11.8 Å². The predicted octanol–water partition coefficient (Wildman–Crippen LogP) is 0.555. The molecule has 17 heavy (non-hydrogen) atoms. The lowest BCUT2D eigenvalue weighted by Crippen LogP contribution is -2.54. The summed E-state index contributed by atoms with van der Waals surface area (Å²) in [5, 5.41) is 0.709. The van der Waals surface area contributed by atoms with Crippen LogP contribution in [-0.4, -0.2) is 67.5 Å². The van der Waals surface area contributed by atoms with E-state index in [1.54, 1.807) is 14.2 Å². The molecule has 0 aromatic rings. The molecule has 100 valence electrons. The quantitative estimate of drug-likeness (QED) is 0.800. The second-order valence-corrected chi connectivity index (χ2v) is 6.63. The molecular weight excluding hydrogens is 236 g/mol. The van der Waals surface area contributed by atoms with E-state index in [9.17, 15) is 0 Å². The van der Waals surface area contributed by atoms with Gasteiger partial charge in [0.25, 0.3) is 0 Å². The molecule has 2 rings (SSSR count). The van der Waals surface area contributed by atoms with Crippen LogP contribution in [0.15, 0.2) is 0 Å². The Hall–Kier alpha value is 0.190. The highest BCUT2D eigenvalue weighted by Crippen LogP contribution is 2.40. The molecule has 0 bridgehead atoms. The van der Waals surface area contributed by atoms with Crippen molar-refractivity contribution in [2.75, 3.05) is 39.6 Å². The fourth-order valence-electron chi connectivity index (χ4n) is 3.03. The third kappa shape index (κ3) is 2.49. The monoisotopic (exact) mass is 260 g/mol. The van der Waals surface area contributed by atoms with Crippen molar-refractivity contribution in [1.82, 2.24) is 4.90 Å². The minimum Gasteiger partial charge on any atom is -0.377 e. The van der Waals surface area contributed by atoms with Crippen LogP contribution in [0.3, 0.4) is 0 Å². The van der Waals surface area contributed by atoms with Gasteiger partial charge in [0, 0.05) is 50.4 Å². The van der Waals surface area contributed by atoms with Crippen LogP contribution in [0.1, 0.15) is 13.3 Å². The molecule has 0 aromatic heterocycles. The highest BCUT2D eigenvalue weighted by atomic mass is 32.2. The number of methoxy groups -OCH3 is 2.